The molecule has 0 radical (unpaired) electrons. The molecule has 1 rings (SSSR count). The van der Waals surface area contributed by atoms with Gasteiger partial charge in [0.15, 0.2) is 0 Å². The first-order valence-electron chi connectivity index (χ1n) is 5.09. The lowest BCUT2D eigenvalue weighted by Gasteiger charge is -2.17. The van der Waals surface area contributed by atoms with Crippen molar-refractivity contribution in [1.29, 1.82) is 0 Å². The van der Waals surface area contributed by atoms with Crippen LogP contribution in [0.2, 0.25) is 0 Å². The Kier molecular flexibility index (Phi) is 4.63. The van der Waals surface area contributed by atoms with Gasteiger partial charge in [-0.3, -0.25) is 0 Å². The fourth-order valence-electron chi connectivity index (χ4n) is 1.51. The van der Waals surface area contributed by atoms with Crippen LogP contribution in [0, 0.1) is 0 Å². The van der Waals surface area contributed by atoms with Crippen LogP contribution in [0.15, 0.2) is 30.3 Å². The van der Waals surface area contributed by atoms with E-state index in [4.69, 9.17) is 0 Å². The number of nitrogens with zero attached hydrogens (tertiary/aromatic N) is 1. The summed E-state index contributed by atoms with van der Waals surface area (Å²) in [6.07, 6.45) is 0.806. The summed E-state index contributed by atoms with van der Waals surface area (Å²) in [4.78, 5) is 2.15. The summed E-state index contributed by atoms with van der Waals surface area (Å²) in [6.45, 7) is 3.56. The summed E-state index contributed by atoms with van der Waals surface area (Å²) >= 11 is 0. The Bertz CT molecular complexity index is 246. The second-order valence-corrected chi connectivity index (χ2v) is 3.85. The molecule has 1 atom stereocenters. The molecule has 1 N–H and O–H groups in total. The molecule has 78 valence electrons. The van der Waals surface area contributed by atoms with Crippen molar-refractivity contribution in [3.63, 3.8) is 0 Å². The van der Waals surface area contributed by atoms with Gasteiger partial charge < -0.3 is 10.0 Å². The first-order valence-corrected chi connectivity index (χ1v) is 5.09. The number of benzene rings is 1. The Labute approximate surface area is 86.2 Å². The zero-order valence-corrected chi connectivity index (χ0v) is 8.98. The lowest BCUT2D eigenvalue weighted by molar-refractivity contribution is 0.142. The molecule has 0 bridgehead atoms. The third kappa shape index (κ3) is 4.40. The maximum atomic E-state index is 9.18. The topological polar surface area (TPSA) is 23.5 Å². The lowest BCUT2D eigenvalue weighted by atomic mass is 10.1. The molecule has 0 saturated carbocycles. The van der Waals surface area contributed by atoms with Gasteiger partial charge in [0.2, 0.25) is 0 Å². The summed E-state index contributed by atoms with van der Waals surface area (Å²) in [5, 5.41) is 9.18. The summed E-state index contributed by atoms with van der Waals surface area (Å²) in [7, 11) is 2.04. The van der Waals surface area contributed by atoms with Gasteiger partial charge in [0.05, 0.1) is 6.10 Å². The Hall–Kier alpha value is -0.860. The fraction of sp³-hybridized carbons (Fsp3) is 0.500. The van der Waals surface area contributed by atoms with Crippen LogP contribution in [-0.4, -0.2) is 36.2 Å². The summed E-state index contributed by atoms with van der Waals surface area (Å²) < 4.78 is 0. The average molecular weight is 193 g/mol. The molecular formula is C12H19NO. The third-order valence-corrected chi connectivity index (χ3v) is 2.20. The van der Waals surface area contributed by atoms with Gasteiger partial charge in [-0.15, -0.1) is 0 Å². The highest BCUT2D eigenvalue weighted by molar-refractivity contribution is 5.14. The van der Waals surface area contributed by atoms with Gasteiger partial charge in [0.25, 0.3) is 0 Å². The van der Waals surface area contributed by atoms with Crippen molar-refractivity contribution in [2.75, 3.05) is 20.1 Å². The Morgan fingerprint density at radius 2 is 1.93 bits per heavy atom. The van der Waals surface area contributed by atoms with E-state index in [1.807, 2.05) is 20.0 Å². The standard InChI is InChI=1S/C12H19NO/c1-11(14)10-13(2)9-8-12-6-4-3-5-7-12/h3-7,11,14H,8-10H2,1-2H3/t11-/m1/s1. The van der Waals surface area contributed by atoms with E-state index in [0.717, 1.165) is 19.5 Å². The largest absolute Gasteiger partial charge is 0.392 e. The molecule has 0 spiro atoms. The lowest BCUT2D eigenvalue weighted by Crippen LogP contribution is -2.29. The summed E-state index contributed by atoms with van der Waals surface area (Å²) in [5.41, 5.74) is 1.35. The van der Waals surface area contributed by atoms with E-state index in [1.165, 1.54) is 5.56 Å². The molecular weight excluding hydrogens is 174 g/mol. The molecule has 0 fully saturated rings. The Balaban J connectivity index is 2.27. The van der Waals surface area contributed by atoms with Gasteiger partial charge >= 0.3 is 0 Å². The Morgan fingerprint density at radius 3 is 2.50 bits per heavy atom. The van der Waals surface area contributed by atoms with E-state index in [2.05, 4.69) is 29.2 Å². The maximum Gasteiger partial charge on any atom is 0.0638 e. The molecule has 0 amide bonds. The van der Waals surface area contributed by atoms with E-state index in [0.29, 0.717) is 0 Å². The SMILES string of the molecule is C[C@@H](O)CN(C)CCc1ccccc1. The minimum absolute atomic E-state index is 0.240. The fourth-order valence-corrected chi connectivity index (χ4v) is 1.51. The highest BCUT2D eigenvalue weighted by atomic mass is 16.3. The molecule has 2 heteroatoms. The smallest absolute Gasteiger partial charge is 0.0638 e. The maximum absolute atomic E-state index is 9.18. The summed E-state index contributed by atoms with van der Waals surface area (Å²) in [5.74, 6) is 0. The van der Waals surface area contributed by atoms with E-state index >= 15 is 0 Å². The number of hydrogen-bond donors (Lipinski definition) is 1. The van der Waals surface area contributed by atoms with Crippen molar-refractivity contribution < 1.29 is 5.11 Å². The number of likely N-dealkylation sites (N-methyl/N-ethyl adjacent to an activating group) is 1. The third-order valence-electron chi connectivity index (χ3n) is 2.20. The molecule has 0 aliphatic carbocycles. The van der Waals surface area contributed by atoms with Gasteiger partial charge in [-0.05, 0) is 26.0 Å². The van der Waals surface area contributed by atoms with Gasteiger partial charge in [-0.2, -0.15) is 0 Å². The van der Waals surface area contributed by atoms with E-state index in [-0.39, 0.29) is 6.10 Å². The van der Waals surface area contributed by atoms with Crippen LogP contribution >= 0.6 is 0 Å². The molecule has 0 heterocycles. The van der Waals surface area contributed by atoms with Crippen LogP contribution in [0.5, 0.6) is 0 Å². The van der Waals surface area contributed by atoms with Crippen LogP contribution in [0.3, 0.4) is 0 Å². The van der Waals surface area contributed by atoms with Crippen molar-refractivity contribution in [2.45, 2.75) is 19.4 Å². The number of hydrogen-bond acceptors (Lipinski definition) is 2. The number of aliphatic hydroxyl groups excluding tert-OH is 1. The van der Waals surface area contributed by atoms with Crippen LogP contribution in [0.4, 0.5) is 0 Å². The second kappa shape index (κ2) is 5.78. The minimum atomic E-state index is -0.240. The quantitative estimate of drug-likeness (QED) is 0.767. The average Bonchev–Trinajstić information content (AvgIpc) is 2.15. The molecule has 0 aromatic heterocycles. The van der Waals surface area contributed by atoms with Gasteiger partial charge in [0, 0.05) is 13.1 Å². The van der Waals surface area contributed by atoms with Crippen LogP contribution < -0.4 is 0 Å². The normalized spacial score (nSPS) is 13.1. The van der Waals surface area contributed by atoms with Crippen molar-refractivity contribution in [3.8, 4) is 0 Å². The van der Waals surface area contributed by atoms with Gasteiger partial charge in [-0.1, -0.05) is 30.3 Å². The highest BCUT2D eigenvalue weighted by Crippen LogP contribution is 2.00. The predicted molar refractivity (Wildman–Crippen MR) is 59.3 cm³/mol. The van der Waals surface area contributed by atoms with Crippen molar-refractivity contribution >= 4 is 0 Å². The minimum Gasteiger partial charge on any atom is -0.392 e. The highest BCUT2D eigenvalue weighted by Gasteiger charge is 2.02. The zero-order chi connectivity index (χ0) is 10.4. The zero-order valence-electron chi connectivity index (χ0n) is 8.98. The van der Waals surface area contributed by atoms with Gasteiger partial charge in [-0.25, -0.2) is 0 Å². The molecule has 2 nitrogen and oxygen atoms in total. The molecule has 0 saturated heterocycles. The number of aliphatic hydroxyl groups is 1. The first-order chi connectivity index (χ1) is 6.68. The predicted octanol–water partition coefficient (Wildman–Crippen LogP) is 1.54. The van der Waals surface area contributed by atoms with E-state index < -0.39 is 0 Å². The van der Waals surface area contributed by atoms with Crippen LogP contribution in [0.1, 0.15) is 12.5 Å². The monoisotopic (exact) mass is 193 g/mol. The van der Waals surface area contributed by atoms with E-state index in [9.17, 15) is 5.11 Å². The molecule has 0 unspecified atom stereocenters. The molecule has 1 aromatic rings. The van der Waals surface area contributed by atoms with Crippen LogP contribution in [0.25, 0.3) is 0 Å². The molecule has 0 aliphatic rings. The van der Waals surface area contributed by atoms with Crippen molar-refractivity contribution in [2.24, 2.45) is 0 Å². The van der Waals surface area contributed by atoms with Crippen LogP contribution in [-0.2, 0) is 6.42 Å². The number of rotatable bonds is 5. The molecule has 0 aliphatic heterocycles. The van der Waals surface area contributed by atoms with Crippen molar-refractivity contribution in [1.82, 2.24) is 4.90 Å². The molecule has 1 aromatic carbocycles. The molecule has 14 heavy (non-hydrogen) atoms. The summed E-state index contributed by atoms with van der Waals surface area (Å²) in [6, 6.07) is 10.4. The van der Waals surface area contributed by atoms with Gasteiger partial charge in [0.1, 0.15) is 0 Å². The van der Waals surface area contributed by atoms with Crippen molar-refractivity contribution in [3.05, 3.63) is 35.9 Å². The Morgan fingerprint density at radius 1 is 1.29 bits per heavy atom. The second-order valence-electron chi connectivity index (χ2n) is 3.85. The van der Waals surface area contributed by atoms with E-state index in [1.54, 1.807) is 0 Å². The first kappa shape index (κ1) is 11.2.